The third kappa shape index (κ3) is 2.56. The van der Waals surface area contributed by atoms with Crippen molar-refractivity contribution >= 4 is 11.8 Å². The first kappa shape index (κ1) is 16.9. The monoisotopic (exact) mass is 365 g/mol. The molecule has 0 aromatic heterocycles. The summed E-state index contributed by atoms with van der Waals surface area (Å²) in [7, 11) is 0. The van der Waals surface area contributed by atoms with Crippen LogP contribution in [0.25, 0.3) is 0 Å². The van der Waals surface area contributed by atoms with Gasteiger partial charge in [-0.1, -0.05) is 55.9 Å². The summed E-state index contributed by atoms with van der Waals surface area (Å²) in [5.41, 5.74) is 3.98. The quantitative estimate of drug-likeness (QED) is 0.768. The first-order chi connectivity index (χ1) is 12.5. The van der Waals surface area contributed by atoms with Crippen molar-refractivity contribution in [1.82, 2.24) is 4.90 Å². The average Bonchev–Trinajstić information content (AvgIpc) is 2.79. The number of fused-ring (bicyclic) bond motifs is 3. The van der Waals surface area contributed by atoms with Gasteiger partial charge in [0.15, 0.2) is 0 Å². The molecule has 3 aliphatic rings. The van der Waals surface area contributed by atoms with E-state index in [2.05, 4.69) is 61.2 Å². The van der Waals surface area contributed by atoms with Crippen molar-refractivity contribution in [3.63, 3.8) is 0 Å². The van der Waals surface area contributed by atoms with Crippen molar-refractivity contribution < 1.29 is 5.11 Å². The molecule has 3 unspecified atom stereocenters. The number of aliphatic hydroxyl groups is 1. The highest BCUT2D eigenvalue weighted by atomic mass is 32.2. The molecule has 2 aromatic carbocycles. The highest BCUT2D eigenvalue weighted by Gasteiger charge is 2.45. The fraction of sp³-hybridized carbons (Fsp3) is 0.478. The van der Waals surface area contributed by atoms with Crippen LogP contribution in [0.15, 0.2) is 52.3 Å². The van der Waals surface area contributed by atoms with Gasteiger partial charge in [-0.25, -0.2) is 0 Å². The van der Waals surface area contributed by atoms with Gasteiger partial charge in [-0.15, -0.1) is 0 Å². The Morgan fingerprint density at radius 2 is 1.92 bits per heavy atom. The molecule has 3 heteroatoms. The SMILES string of the molecule is CC(C)C1(O)CCN2CC3Cc4ccccc4Sc4cccc(c43)C2C1. The maximum atomic E-state index is 11.2. The summed E-state index contributed by atoms with van der Waals surface area (Å²) >= 11 is 1.94. The van der Waals surface area contributed by atoms with Gasteiger partial charge in [0.05, 0.1) is 5.60 Å². The van der Waals surface area contributed by atoms with Crippen LogP contribution >= 0.6 is 11.8 Å². The topological polar surface area (TPSA) is 23.5 Å². The molecule has 1 saturated heterocycles. The smallest absolute Gasteiger partial charge is 0.0700 e. The van der Waals surface area contributed by atoms with Crippen molar-refractivity contribution in [2.24, 2.45) is 5.92 Å². The van der Waals surface area contributed by atoms with Gasteiger partial charge < -0.3 is 5.11 Å². The number of nitrogens with zero attached hydrogens (tertiary/aromatic N) is 1. The molecular weight excluding hydrogens is 338 g/mol. The van der Waals surface area contributed by atoms with Crippen LogP contribution < -0.4 is 0 Å². The highest BCUT2D eigenvalue weighted by molar-refractivity contribution is 7.99. The minimum Gasteiger partial charge on any atom is -0.390 e. The van der Waals surface area contributed by atoms with Crippen molar-refractivity contribution in [1.29, 1.82) is 0 Å². The van der Waals surface area contributed by atoms with Gasteiger partial charge in [0, 0.05) is 34.8 Å². The Hall–Kier alpha value is -1.29. The molecule has 0 radical (unpaired) electrons. The van der Waals surface area contributed by atoms with E-state index in [1.54, 1.807) is 5.56 Å². The van der Waals surface area contributed by atoms with Gasteiger partial charge in [-0.2, -0.15) is 0 Å². The highest BCUT2D eigenvalue weighted by Crippen LogP contribution is 2.51. The summed E-state index contributed by atoms with van der Waals surface area (Å²) < 4.78 is 0. The third-order valence-corrected chi connectivity index (χ3v) is 8.07. The predicted molar refractivity (Wildman–Crippen MR) is 107 cm³/mol. The number of benzene rings is 2. The van der Waals surface area contributed by atoms with Crippen molar-refractivity contribution in [2.45, 2.75) is 60.5 Å². The number of hydrogen-bond acceptors (Lipinski definition) is 3. The molecule has 3 heterocycles. The molecule has 2 nitrogen and oxygen atoms in total. The predicted octanol–water partition coefficient (Wildman–Crippen LogP) is 5.02. The number of rotatable bonds is 1. The lowest BCUT2D eigenvalue weighted by Crippen LogP contribution is -2.51. The molecule has 0 amide bonds. The summed E-state index contributed by atoms with van der Waals surface area (Å²) in [6, 6.07) is 16.1. The van der Waals surface area contributed by atoms with E-state index in [9.17, 15) is 5.11 Å². The van der Waals surface area contributed by atoms with Crippen LogP contribution in [0.3, 0.4) is 0 Å². The zero-order valence-electron chi connectivity index (χ0n) is 15.6. The zero-order valence-corrected chi connectivity index (χ0v) is 16.4. The van der Waals surface area contributed by atoms with Gasteiger partial charge in [0.2, 0.25) is 0 Å². The van der Waals surface area contributed by atoms with E-state index in [-0.39, 0.29) is 0 Å². The number of piperidine rings is 1. The van der Waals surface area contributed by atoms with E-state index in [1.165, 1.54) is 20.9 Å². The van der Waals surface area contributed by atoms with Gasteiger partial charge >= 0.3 is 0 Å². The van der Waals surface area contributed by atoms with E-state index >= 15 is 0 Å². The van der Waals surface area contributed by atoms with E-state index in [4.69, 9.17) is 0 Å². The normalized spacial score (nSPS) is 30.3. The molecule has 0 saturated carbocycles. The van der Waals surface area contributed by atoms with Crippen molar-refractivity contribution in [2.75, 3.05) is 13.1 Å². The second-order valence-electron chi connectivity index (χ2n) is 8.59. The van der Waals surface area contributed by atoms with Gasteiger partial charge in [-0.05, 0) is 54.0 Å². The Bertz CT molecular complexity index is 848. The lowest BCUT2D eigenvalue weighted by molar-refractivity contribution is -0.0831. The van der Waals surface area contributed by atoms with Gasteiger partial charge in [-0.3, -0.25) is 4.90 Å². The molecule has 0 spiro atoms. The molecule has 5 rings (SSSR count). The van der Waals surface area contributed by atoms with Gasteiger partial charge in [0.25, 0.3) is 0 Å². The molecular formula is C23H27NOS. The van der Waals surface area contributed by atoms with Gasteiger partial charge in [0.1, 0.15) is 0 Å². The average molecular weight is 366 g/mol. The lowest BCUT2D eigenvalue weighted by atomic mass is 9.72. The van der Waals surface area contributed by atoms with Crippen LogP contribution in [-0.2, 0) is 6.42 Å². The summed E-state index contributed by atoms with van der Waals surface area (Å²) in [4.78, 5) is 5.48. The Morgan fingerprint density at radius 1 is 1.12 bits per heavy atom. The Morgan fingerprint density at radius 3 is 2.77 bits per heavy atom. The maximum Gasteiger partial charge on any atom is 0.0700 e. The summed E-state index contributed by atoms with van der Waals surface area (Å²) in [5, 5.41) is 11.2. The summed E-state index contributed by atoms with van der Waals surface area (Å²) in [6.45, 7) is 6.46. The first-order valence-electron chi connectivity index (χ1n) is 9.90. The Balaban J connectivity index is 1.60. The molecule has 3 aliphatic heterocycles. The van der Waals surface area contributed by atoms with Crippen LogP contribution in [0.4, 0.5) is 0 Å². The first-order valence-corrected chi connectivity index (χ1v) is 10.7. The minimum atomic E-state index is -0.530. The number of hydrogen-bond donors (Lipinski definition) is 1. The van der Waals surface area contributed by atoms with E-state index in [0.717, 1.165) is 32.4 Å². The van der Waals surface area contributed by atoms with Crippen molar-refractivity contribution in [3.05, 3.63) is 59.2 Å². The van der Waals surface area contributed by atoms with Crippen LogP contribution in [0.5, 0.6) is 0 Å². The zero-order chi connectivity index (χ0) is 17.9. The van der Waals surface area contributed by atoms with Crippen LogP contribution in [0, 0.1) is 5.92 Å². The Kier molecular flexibility index (Phi) is 3.97. The molecule has 0 aliphatic carbocycles. The van der Waals surface area contributed by atoms with E-state index in [0.29, 0.717) is 17.9 Å². The maximum absolute atomic E-state index is 11.2. The molecule has 26 heavy (non-hydrogen) atoms. The standard InChI is InChI=1S/C23H27NOS/c1-15(2)23(25)10-11-24-14-17-12-16-6-3-4-8-20(16)26-21-9-5-7-18(22(17)21)19(24)13-23/h3-9,15,17,19,25H,10-14H2,1-2H3. The van der Waals surface area contributed by atoms with E-state index in [1.807, 2.05) is 11.8 Å². The summed E-state index contributed by atoms with van der Waals surface area (Å²) in [6.07, 6.45) is 2.89. The largest absolute Gasteiger partial charge is 0.390 e. The molecule has 3 atom stereocenters. The third-order valence-electron chi connectivity index (χ3n) is 6.88. The van der Waals surface area contributed by atoms with Crippen LogP contribution in [-0.4, -0.2) is 28.7 Å². The molecule has 136 valence electrons. The van der Waals surface area contributed by atoms with Crippen molar-refractivity contribution in [3.8, 4) is 0 Å². The molecule has 1 fully saturated rings. The summed E-state index contributed by atoms with van der Waals surface area (Å²) in [5.74, 6) is 0.877. The molecule has 1 N–H and O–H groups in total. The molecule has 2 aromatic rings. The second-order valence-corrected chi connectivity index (χ2v) is 9.68. The van der Waals surface area contributed by atoms with E-state index < -0.39 is 5.60 Å². The molecule has 0 bridgehead atoms. The lowest BCUT2D eigenvalue weighted by Gasteiger charge is -2.50. The minimum absolute atomic E-state index is 0.309. The fourth-order valence-electron chi connectivity index (χ4n) is 5.18. The Labute approximate surface area is 160 Å². The second kappa shape index (κ2) is 6.12. The van der Waals surface area contributed by atoms with Crippen LogP contribution in [0.1, 0.15) is 55.3 Å². The fourth-order valence-corrected chi connectivity index (χ4v) is 6.39. The van der Waals surface area contributed by atoms with Crippen LogP contribution in [0.2, 0.25) is 0 Å².